The topological polar surface area (TPSA) is 0 Å². The Bertz CT molecular complexity index is 39.2. The molecule has 0 fully saturated rings. The minimum Gasteiger partial charge on any atom is -0.0917 e. The molecule has 0 aliphatic heterocycles. The predicted molar refractivity (Wildman–Crippen MR) is 32.8 cm³/mol. The lowest BCUT2D eigenvalue weighted by Crippen LogP contribution is -1.60. The van der Waals surface area contributed by atoms with Gasteiger partial charge in [-0.15, -0.1) is 0 Å². The van der Waals surface area contributed by atoms with Crippen molar-refractivity contribution < 1.29 is 0 Å². The SMILES string of the molecule is BCC/C=C\C. The van der Waals surface area contributed by atoms with Gasteiger partial charge in [0.05, 0.1) is 0 Å². The van der Waals surface area contributed by atoms with Crippen molar-refractivity contribution >= 4 is 7.85 Å². The lowest BCUT2D eigenvalue weighted by atomic mass is 10.0. The van der Waals surface area contributed by atoms with E-state index in [4.69, 9.17) is 0 Å². The third-order valence-corrected chi connectivity index (χ3v) is 0.691. The van der Waals surface area contributed by atoms with Crippen LogP contribution in [0.25, 0.3) is 0 Å². The Labute approximate surface area is 40.7 Å². The number of rotatable bonds is 2. The number of allylic oxidation sites excluding steroid dienone is 2. The first-order valence-corrected chi connectivity index (χ1v) is 2.53. The summed E-state index contributed by atoms with van der Waals surface area (Å²) in [5.74, 6) is 0. The summed E-state index contributed by atoms with van der Waals surface area (Å²) >= 11 is 0. The standard InChI is InChI=1S/C5H11B/c1-2-3-4-5-6/h2-3H,4-6H2,1H3/b3-2-. The minimum atomic E-state index is 1.23. The molecule has 0 unspecified atom stereocenters. The molecule has 0 aromatic rings. The van der Waals surface area contributed by atoms with E-state index in [-0.39, 0.29) is 0 Å². The summed E-state index contributed by atoms with van der Waals surface area (Å²) in [4.78, 5) is 0. The monoisotopic (exact) mass is 82.1 g/mol. The van der Waals surface area contributed by atoms with Crippen molar-refractivity contribution in [3.8, 4) is 0 Å². The Balaban J connectivity index is 2.66. The normalized spacial score (nSPS) is 10.2. The van der Waals surface area contributed by atoms with Gasteiger partial charge in [-0.05, 0) is 13.3 Å². The van der Waals surface area contributed by atoms with Crippen LogP contribution in [0.15, 0.2) is 12.2 Å². The Hall–Kier alpha value is -0.195. The maximum absolute atomic E-state index is 2.18. The van der Waals surface area contributed by atoms with E-state index in [0.29, 0.717) is 0 Å². The molecule has 0 bridgehead atoms. The lowest BCUT2D eigenvalue weighted by Gasteiger charge is -1.75. The quantitative estimate of drug-likeness (QED) is 0.344. The fourth-order valence-corrected chi connectivity index (χ4v) is 0.333. The molecule has 34 valence electrons. The highest BCUT2D eigenvalue weighted by Gasteiger charge is 1.65. The summed E-state index contributed by atoms with van der Waals surface area (Å²) in [5, 5.41) is 0. The maximum atomic E-state index is 2.18. The molecule has 1 heteroatoms. The molecule has 0 rings (SSSR count). The van der Waals surface area contributed by atoms with E-state index in [1.54, 1.807) is 0 Å². The minimum absolute atomic E-state index is 1.23. The Morgan fingerprint density at radius 2 is 2.33 bits per heavy atom. The van der Waals surface area contributed by atoms with Gasteiger partial charge in [-0.2, -0.15) is 0 Å². The summed E-state index contributed by atoms with van der Waals surface area (Å²) in [7, 11) is 2.18. The van der Waals surface area contributed by atoms with Gasteiger partial charge in [-0.25, -0.2) is 0 Å². The molecule has 0 spiro atoms. The van der Waals surface area contributed by atoms with Crippen LogP contribution in [0.2, 0.25) is 6.32 Å². The highest BCUT2D eigenvalue weighted by atomic mass is 13.7. The number of hydrogen-bond donors (Lipinski definition) is 0. The van der Waals surface area contributed by atoms with Gasteiger partial charge in [-0.1, -0.05) is 18.5 Å². The van der Waals surface area contributed by atoms with E-state index >= 15 is 0 Å². The molecular formula is C5H11B. The van der Waals surface area contributed by atoms with E-state index in [9.17, 15) is 0 Å². The average Bonchev–Trinajstić information content (AvgIpc) is 1.61. The van der Waals surface area contributed by atoms with Crippen molar-refractivity contribution in [2.24, 2.45) is 0 Å². The lowest BCUT2D eigenvalue weighted by molar-refractivity contribution is 1.21. The second kappa shape index (κ2) is 4.80. The van der Waals surface area contributed by atoms with E-state index in [1.807, 2.05) is 0 Å². The molecule has 0 aliphatic rings. The van der Waals surface area contributed by atoms with Gasteiger partial charge in [0.1, 0.15) is 7.85 Å². The van der Waals surface area contributed by atoms with Crippen molar-refractivity contribution in [3.63, 3.8) is 0 Å². The van der Waals surface area contributed by atoms with Gasteiger partial charge in [0.15, 0.2) is 0 Å². The van der Waals surface area contributed by atoms with Gasteiger partial charge in [-0.3, -0.25) is 0 Å². The first kappa shape index (κ1) is 5.80. The van der Waals surface area contributed by atoms with Crippen molar-refractivity contribution in [2.45, 2.75) is 19.7 Å². The molecule has 0 amide bonds. The van der Waals surface area contributed by atoms with E-state index in [2.05, 4.69) is 26.9 Å². The van der Waals surface area contributed by atoms with Gasteiger partial charge < -0.3 is 0 Å². The van der Waals surface area contributed by atoms with Gasteiger partial charge in [0, 0.05) is 0 Å². The Kier molecular flexibility index (Phi) is 4.65. The Morgan fingerprint density at radius 3 is 2.50 bits per heavy atom. The summed E-state index contributed by atoms with van der Waals surface area (Å²) in [6.45, 7) is 2.05. The number of hydrogen-bond acceptors (Lipinski definition) is 0. The van der Waals surface area contributed by atoms with Crippen LogP contribution in [0.1, 0.15) is 13.3 Å². The predicted octanol–water partition coefficient (Wildman–Crippen LogP) is 1.00. The summed E-state index contributed by atoms with van der Waals surface area (Å²) in [6.07, 6.45) is 6.77. The van der Waals surface area contributed by atoms with Gasteiger partial charge in [0.25, 0.3) is 0 Å². The van der Waals surface area contributed by atoms with Crippen LogP contribution >= 0.6 is 0 Å². The highest BCUT2D eigenvalue weighted by Crippen LogP contribution is 1.83. The molecule has 0 nitrogen and oxygen atoms in total. The van der Waals surface area contributed by atoms with E-state index in [0.717, 1.165) is 0 Å². The van der Waals surface area contributed by atoms with Gasteiger partial charge >= 0.3 is 0 Å². The van der Waals surface area contributed by atoms with Crippen LogP contribution in [-0.4, -0.2) is 7.85 Å². The van der Waals surface area contributed by atoms with Gasteiger partial charge in [0.2, 0.25) is 0 Å². The smallest absolute Gasteiger partial charge is 0.0917 e. The van der Waals surface area contributed by atoms with Crippen LogP contribution in [0.5, 0.6) is 0 Å². The third kappa shape index (κ3) is 3.80. The molecule has 0 aromatic heterocycles. The molecule has 0 atom stereocenters. The molecular weight excluding hydrogens is 70.9 g/mol. The van der Waals surface area contributed by atoms with Crippen molar-refractivity contribution in [2.75, 3.05) is 0 Å². The average molecular weight is 82.0 g/mol. The molecule has 0 saturated heterocycles. The van der Waals surface area contributed by atoms with Crippen molar-refractivity contribution in [1.82, 2.24) is 0 Å². The van der Waals surface area contributed by atoms with Crippen LogP contribution in [0.3, 0.4) is 0 Å². The molecule has 0 saturated carbocycles. The first-order chi connectivity index (χ1) is 2.91. The maximum Gasteiger partial charge on any atom is 0.101 e. The molecule has 0 radical (unpaired) electrons. The van der Waals surface area contributed by atoms with Crippen LogP contribution in [0.4, 0.5) is 0 Å². The second-order valence-corrected chi connectivity index (χ2v) is 1.36. The zero-order valence-electron chi connectivity index (χ0n) is 4.57. The second-order valence-electron chi connectivity index (χ2n) is 1.36. The summed E-state index contributed by atoms with van der Waals surface area (Å²) in [6, 6.07) is 0. The molecule has 0 N–H and O–H groups in total. The summed E-state index contributed by atoms with van der Waals surface area (Å²) < 4.78 is 0. The van der Waals surface area contributed by atoms with Crippen LogP contribution in [0, 0.1) is 0 Å². The zero-order chi connectivity index (χ0) is 4.83. The fourth-order valence-electron chi connectivity index (χ4n) is 0.333. The van der Waals surface area contributed by atoms with Crippen molar-refractivity contribution in [3.05, 3.63) is 12.2 Å². The zero-order valence-corrected chi connectivity index (χ0v) is 4.57. The fraction of sp³-hybridized carbons (Fsp3) is 0.600. The molecule has 6 heavy (non-hydrogen) atoms. The Morgan fingerprint density at radius 1 is 1.67 bits per heavy atom. The van der Waals surface area contributed by atoms with Crippen LogP contribution in [-0.2, 0) is 0 Å². The van der Waals surface area contributed by atoms with Crippen LogP contribution < -0.4 is 0 Å². The summed E-state index contributed by atoms with van der Waals surface area (Å²) in [5.41, 5.74) is 0. The van der Waals surface area contributed by atoms with E-state index in [1.165, 1.54) is 12.7 Å². The largest absolute Gasteiger partial charge is 0.101 e. The molecule has 0 aliphatic carbocycles. The van der Waals surface area contributed by atoms with Crippen molar-refractivity contribution in [1.29, 1.82) is 0 Å². The molecule has 0 heterocycles. The van der Waals surface area contributed by atoms with E-state index < -0.39 is 0 Å². The third-order valence-electron chi connectivity index (χ3n) is 0.691. The first-order valence-electron chi connectivity index (χ1n) is 2.53. The highest BCUT2D eigenvalue weighted by molar-refractivity contribution is 6.08. The molecule has 0 aromatic carbocycles.